The standard InChI is InChI=1S/C18H29N3/c1-3-19-13-16-12-15(2)6-7-18(16)21-11-8-17(14-21)20-9-4-5-10-20/h6-7,12,17,19H,3-5,8-11,13-14H2,1-2H3. The van der Waals surface area contributed by atoms with Gasteiger partial charge in [-0.1, -0.05) is 24.6 Å². The van der Waals surface area contributed by atoms with Gasteiger partial charge in [-0.05, 0) is 57.5 Å². The van der Waals surface area contributed by atoms with Gasteiger partial charge in [0.1, 0.15) is 0 Å². The molecule has 0 aliphatic carbocycles. The van der Waals surface area contributed by atoms with Crippen LogP contribution >= 0.6 is 0 Å². The summed E-state index contributed by atoms with van der Waals surface area (Å²) in [5.41, 5.74) is 4.27. The number of nitrogens with one attached hydrogen (secondary N) is 1. The molecule has 2 aliphatic rings. The van der Waals surface area contributed by atoms with Gasteiger partial charge < -0.3 is 10.2 Å². The highest BCUT2D eigenvalue weighted by Crippen LogP contribution is 2.28. The van der Waals surface area contributed by atoms with Gasteiger partial charge in [-0.2, -0.15) is 0 Å². The van der Waals surface area contributed by atoms with E-state index in [1.807, 2.05) is 0 Å². The monoisotopic (exact) mass is 287 g/mol. The van der Waals surface area contributed by atoms with Crippen LogP contribution in [0, 0.1) is 6.92 Å². The SMILES string of the molecule is CCNCc1cc(C)ccc1N1CCC(N2CCCC2)C1. The largest absolute Gasteiger partial charge is 0.370 e. The maximum atomic E-state index is 3.48. The molecule has 2 saturated heterocycles. The van der Waals surface area contributed by atoms with Crippen molar-refractivity contribution in [3.05, 3.63) is 29.3 Å². The van der Waals surface area contributed by atoms with Crippen LogP contribution in [0.3, 0.4) is 0 Å². The Kier molecular flexibility index (Phi) is 4.81. The van der Waals surface area contributed by atoms with Crippen molar-refractivity contribution < 1.29 is 0 Å². The third-order valence-corrected chi connectivity index (χ3v) is 4.96. The van der Waals surface area contributed by atoms with Crippen LogP contribution in [0.2, 0.25) is 0 Å². The van der Waals surface area contributed by atoms with Crippen molar-refractivity contribution >= 4 is 5.69 Å². The van der Waals surface area contributed by atoms with Crippen LogP contribution in [0.15, 0.2) is 18.2 Å². The van der Waals surface area contributed by atoms with Crippen molar-refractivity contribution in [3.8, 4) is 0 Å². The highest BCUT2D eigenvalue weighted by molar-refractivity contribution is 5.56. The maximum absolute atomic E-state index is 3.48. The van der Waals surface area contributed by atoms with Gasteiger partial charge in [-0.3, -0.25) is 4.90 Å². The molecule has 3 heteroatoms. The molecule has 1 N–H and O–H groups in total. The van der Waals surface area contributed by atoms with E-state index in [4.69, 9.17) is 0 Å². The van der Waals surface area contributed by atoms with Crippen molar-refractivity contribution in [3.63, 3.8) is 0 Å². The summed E-state index contributed by atoms with van der Waals surface area (Å²) in [6, 6.07) is 7.71. The summed E-state index contributed by atoms with van der Waals surface area (Å²) in [5, 5.41) is 3.48. The second-order valence-corrected chi connectivity index (χ2v) is 6.54. The summed E-state index contributed by atoms with van der Waals surface area (Å²) in [6.45, 7) is 11.4. The number of likely N-dealkylation sites (tertiary alicyclic amines) is 1. The lowest BCUT2D eigenvalue weighted by Crippen LogP contribution is -2.35. The number of hydrogen-bond acceptors (Lipinski definition) is 3. The Morgan fingerprint density at radius 1 is 1.19 bits per heavy atom. The van der Waals surface area contributed by atoms with Crippen LogP contribution in [-0.2, 0) is 6.54 Å². The molecule has 0 radical (unpaired) electrons. The maximum Gasteiger partial charge on any atom is 0.0412 e. The van der Waals surface area contributed by atoms with Crippen LogP contribution < -0.4 is 10.2 Å². The minimum absolute atomic E-state index is 0.779. The quantitative estimate of drug-likeness (QED) is 0.898. The van der Waals surface area contributed by atoms with E-state index in [9.17, 15) is 0 Å². The minimum Gasteiger partial charge on any atom is -0.370 e. The predicted molar refractivity (Wildman–Crippen MR) is 90.0 cm³/mol. The summed E-state index contributed by atoms with van der Waals surface area (Å²) in [6.07, 6.45) is 4.12. The smallest absolute Gasteiger partial charge is 0.0412 e. The Morgan fingerprint density at radius 3 is 2.76 bits per heavy atom. The summed E-state index contributed by atoms with van der Waals surface area (Å²) < 4.78 is 0. The second kappa shape index (κ2) is 6.80. The van der Waals surface area contributed by atoms with Crippen molar-refractivity contribution in [2.24, 2.45) is 0 Å². The van der Waals surface area contributed by atoms with E-state index >= 15 is 0 Å². The number of nitrogens with zero attached hydrogens (tertiary/aromatic N) is 2. The number of anilines is 1. The fraction of sp³-hybridized carbons (Fsp3) is 0.667. The molecule has 116 valence electrons. The molecule has 2 aliphatic heterocycles. The molecule has 2 fully saturated rings. The average Bonchev–Trinajstić information content (AvgIpc) is 3.15. The summed E-state index contributed by atoms with van der Waals surface area (Å²) in [7, 11) is 0. The second-order valence-electron chi connectivity index (χ2n) is 6.54. The van der Waals surface area contributed by atoms with Gasteiger partial charge in [0.25, 0.3) is 0 Å². The Hall–Kier alpha value is -1.06. The molecular formula is C18H29N3. The zero-order valence-electron chi connectivity index (χ0n) is 13.6. The zero-order chi connectivity index (χ0) is 14.7. The Labute approximate surface area is 129 Å². The molecule has 21 heavy (non-hydrogen) atoms. The number of aryl methyl sites for hydroxylation is 1. The van der Waals surface area contributed by atoms with Gasteiger partial charge in [0.15, 0.2) is 0 Å². The first kappa shape index (κ1) is 14.9. The molecule has 0 spiro atoms. The average molecular weight is 287 g/mol. The number of rotatable bonds is 5. The van der Waals surface area contributed by atoms with Gasteiger partial charge in [-0.15, -0.1) is 0 Å². The molecule has 1 aromatic carbocycles. The lowest BCUT2D eigenvalue weighted by Gasteiger charge is -2.26. The van der Waals surface area contributed by atoms with E-state index in [0.717, 1.165) is 19.1 Å². The molecule has 2 heterocycles. The number of benzene rings is 1. The van der Waals surface area contributed by atoms with Crippen molar-refractivity contribution in [2.75, 3.05) is 37.6 Å². The van der Waals surface area contributed by atoms with Crippen LogP contribution in [0.1, 0.15) is 37.3 Å². The fourth-order valence-corrected chi connectivity index (χ4v) is 3.79. The van der Waals surface area contributed by atoms with E-state index in [2.05, 4.69) is 47.2 Å². The Balaban J connectivity index is 1.71. The van der Waals surface area contributed by atoms with Gasteiger partial charge in [0.05, 0.1) is 0 Å². The summed E-state index contributed by atoms with van der Waals surface area (Å²) >= 11 is 0. The van der Waals surface area contributed by atoms with Gasteiger partial charge in [0.2, 0.25) is 0 Å². The van der Waals surface area contributed by atoms with Crippen molar-refractivity contribution in [1.82, 2.24) is 10.2 Å². The molecule has 1 aromatic rings. The van der Waals surface area contributed by atoms with Crippen LogP contribution in [-0.4, -0.2) is 43.7 Å². The highest BCUT2D eigenvalue weighted by Gasteiger charge is 2.29. The molecular weight excluding hydrogens is 258 g/mol. The van der Waals surface area contributed by atoms with Gasteiger partial charge in [-0.25, -0.2) is 0 Å². The van der Waals surface area contributed by atoms with Gasteiger partial charge >= 0.3 is 0 Å². The van der Waals surface area contributed by atoms with E-state index < -0.39 is 0 Å². The lowest BCUT2D eigenvalue weighted by molar-refractivity contribution is 0.260. The molecule has 3 nitrogen and oxygen atoms in total. The molecule has 0 aromatic heterocycles. The molecule has 1 atom stereocenters. The summed E-state index contributed by atoms with van der Waals surface area (Å²) in [4.78, 5) is 5.31. The first-order valence-corrected chi connectivity index (χ1v) is 8.57. The van der Waals surface area contributed by atoms with Crippen LogP contribution in [0.4, 0.5) is 5.69 Å². The highest BCUT2D eigenvalue weighted by atomic mass is 15.3. The lowest BCUT2D eigenvalue weighted by atomic mass is 10.1. The topological polar surface area (TPSA) is 18.5 Å². The van der Waals surface area contributed by atoms with Crippen molar-refractivity contribution in [2.45, 2.75) is 45.7 Å². The van der Waals surface area contributed by atoms with E-state index in [1.165, 1.54) is 62.3 Å². The predicted octanol–water partition coefficient (Wildman–Crippen LogP) is 2.78. The first-order chi connectivity index (χ1) is 10.3. The van der Waals surface area contributed by atoms with E-state index in [0.29, 0.717) is 0 Å². The molecule has 3 rings (SSSR count). The Bertz CT molecular complexity index is 466. The minimum atomic E-state index is 0.779. The third-order valence-electron chi connectivity index (χ3n) is 4.96. The molecule has 0 bridgehead atoms. The fourth-order valence-electron chi connectivity index (χ4n) is 3.79. The number of hydrogen-bond donors (Lipinski definition) is 1. The molecule has 0 saturated carbocycles. The van der Waals surface area contributed by atoms with E-state index in [1.54, 1.807) is 0 Å². The molecule has 1 unspecified atom stereocenters. The zero-order valence-corrected chi connectivity index (χ0v) is 13.6. The van der Waals surface area contributed by atoms with E-state index in [-0.39, 0.29) is 0 Å². The molecule has 0 amide bonds. The third kappa shape index (κ3) is 3.41. The van der Waals surface area contributed by atoms with Gasteiger partial charge in [0, 0.05) is 31.4 Å². The first-order valence-electron chi connectivity index (χ1n) is 8.57. The van der Waals surface area contributed by atoms with Crippen LogP contribution in [0.5, 0.6) is 0 Å². The van der Waals surface area contributed by atoms with Crippen molar-refractivity contribution in [1.29, 1.82) is 0 Å². The Morgan fingerprint density at radius 2 is 2.00 bits per heavy atom. The summed E-state index contributed by atoms with van der Waals surface area (Å²) in [5.74, 6) is 0. The normalized spacial score (nSPS) is 23.1. The van der Waals surface area contributed by atoms with Crippen LogP contribution in [0.25, 0.3) is 0 Å².